The van der Waals surface area contributed by atoms with Gasteiger partial charge in [-0.3, -0.25) is 4.90 Å². The van der Waals surface area contributed by atoms with Crippen LogP contribution >= 0.6 is 0 Å². The average Bonchev–Trinajstić information content (AvgIpc) is 2.04. The van der Waals surface area contributed by atoms with Gasteiger partial charge in [-0.2, -0.15) is 0 Å². The maximum Gasteiger partial charge on any atom is 0.0721 e. The normalized spacial score (nSPS) is 44.0. The minimum atomic E-state index is -0.297. The number of aliphatic hydroxyl groups excluding tert-OH is 2. The molecule has 0 radical (unpaired) electrons. The van der Waals surface area contributed by atoms with Crippen LogP contribution in [0, 0.1) is 0 Å². The van der Waals surface area contributed by atoms with Crippen molar-refractivity contribution in [1.82, 2.24) is 4.90 Å². The van der Waals surface area contributed by atoms with Crippen LogP contribution < -0.4 is 0 Å². The van der Waals surface area contributed by atoms with Crippen molar-refractivity contribution >= 4 is 0 Å². The van der Waals surface area contributed by atoms with Gasteiger partial charge >= 0.3 is 0 Å². The molecule has 0 aromatic carbocycles. The minimum Gasteiger partial charge on any atom is -0.391 e. The fourth-order valence-corrected chi connectivity index (χ4v) is 2.50. The highest BCUT2D eigenvalue weighted by Crippen LogP contribution is 2.26. The van der Waals surface area contributed by atoms with Gasteiger partial charge in [0.05, 0.1) is 18.2 Å². The van der Waals surface area contributed by atoms with E-state index in [4.69, 9.17) is 0 Å². The van der Waals surface area contributed by atoms with E-state index in [2.05, 4.69) is 4.90 Å². The Balaban J connectivity index is 2.07. The predicted molar refractivity (Wildman–Crippen MR) is 45.8 cm³/mol. The summed E-state index contributed by atoms with van der Waals surface area (Å²) >= 11 is 0. The molecule has 2 aliphatic heterocycles. The molecule has 2 saturated heterocycles. The Morgan fingerprint density at radius 2 is 1.42 bits per heavy atom. The Hall–Kier alpha value is -0.120. The second-order valence-electron chi connectivity index (χ2n) is 3.95. The Morgan fingerprint density at radius 3 is 1.83 bits per heavy atom. The van der Waals surface area contributed by atoms with Gasteiger partial charge < -0.3 is 10.2 Å². The largest absolute Gasteiger partial charge is 0.391 e. The predicted octanol–water partition coefficient (Wildman–Crippen LogP) is -0.0336. The van der Waals surface area contributed by atoms with Crippen molar-refractivity contribution < 1.29 is 10.2 Å². The number of piperidine rings is 2. The maximum atomic E-state index is 9.67. The van der Waals surface area contributed by atoms with E-state index in [1.807, 2.05) is 0 Å². The van der Waals surface area contributed by atoms with Crippen molar-refractivity contribution in [3.63, 3.8) is 0 Å². The van der Waals surface area contributed by atoms with Crippen LogP contribution in [-0.2, 0) is 0 Å². The highest BCUT2D eigenvalue weighted by Gasteiger charge is 2.37. The van der Waals surface area contributed by atoms with E-state index in [-0.39, 0.29) is 18.2 Å². The highest BCUT2D eigenvalue weighted by molar-refractivity contribution is 4.92. The van der Waals surface area contributed by atoms with Crippen LogP contribution in [0.2, 0.25) is 0 Å². The van der Waals surface area contributed by atoms with Gasteiger partial charge in [0, 0.05) is 0 Å². The summed E-state index contributed by atoms with van der Waals surface area (Å²) in [7, 11) is 0. The zero-order chi connectivity index (χ0) is 8.55. The molecule has 0 amide bonds. The number of fused-ring (bicyclic) bond motifs is 1. The van der Waals surface area contributed by atoms with E-state index in [1.54, 1.807) is 0 Å². The fourth-order valence-electron chi connectivity index (χ4n) is 2.50. The second-order valence-corrected chi connectivity index (χ2v) is 3.95. The molecule has 0 spiro atoms. The topological polar surface area (TPSA) is 43.7 Å². The monoisotopic (exact) mass is 171 g/mol. The van der Waals surface area contributed by atoms with Crippen LogP contribution in [0.5, 0.6) is 0 Å². The van der Waals surface area contributed by atoms with E-state index in [1.165, 1.54) is 0 Å². The van der Waals surface area contributed by atoms with Gasteiger partial charge in [-0.1, -0.05) is 0 Å². The number of nitrogens with zero attached hydrogens (tertiary/aromatic N) is 1. The Morgan fingerprint density at radius 1 is 0.917 bits per heavy atom. The first-order chi connectivity index (χ1) is 5.79. The maximum absolute atomic E-state index is 9.67. The van der Waals surface area contributed by atoms with Crippen LogP contribution in [0.3, 0.4) is 0 Å². The highest BCUT2D eigenvalue weighted by atomic mass is 16.3. The van der Waals surface area contributed by atoms with Gasteiger partial charge in [0.25, 0.3) is 0 Å². The van der Waals surface area contributed by atoms with Crippen molar-refractivity contribution in [3.05, 3.63) is 0 Å². The van der Waals surface area contributed by atoms with Gasteiger partial charge in [-0.25, -0.2) is 0 Å². The zero-order valence-corrected chi connectivity index (χ0v) is 7.32. The molecule has 0 aromatic heterocycles. The molecule has 0 saturated carbocycles. The summed E-state index contributed by atoms with van der Waals surface area (Å²) in [5.74, 6) is 0. The molecule has 1 unspecified atom stereocenters. The molecule has 0 aromatic rings. The lowest BCUT2D eigenvalue weighted by Crippen LogP contribution is -2.57. The standard InChI is InChI=1S/C9H17NO2/c11-7-3-1-5-10-6-2-4-8(12)9(7)10/h7-9,11-12H,1-6H2/t7-,8+,9?. The molecule has 2 aliphatic rings. The van der Waals surface area contributed by atoms with E-state index in [9.17, 15) is 10.2 Å². The summed E-state index contributed by atoms with van der Waals surface area (Å²) in [6.07, 6.45) is 3.27. The number of rotatable bonds is 0. The Kier molecular flexibility index (Phi) is 2.35. The third kappa shape index (κ3) is 1.37. The minimum absolute atomic E-state index is 0.0347. The molecule has 3 nitrogen and oxygen atoms in total. The lowest BCUT2D eigenvalue weighted by Gasteiger charge is -2.44. The molecule has 70 valence electrons. The van der Waals surface area contributed by atoms with Gasteiger partial charge in [0.15, 0.2) is 0 Å². The van der Waals surface area contributed by atoms with Crippen LogP contribution in [0.15, 0.2) is 0 Å². The summed E-state index contributed by atoms with van der Waals surface area (Å²) in [6, 6.07) is 0.0347. The smallest absolute Gasteiger partial charge is 0.0721 e. The molecule has 0 aliphatic carbocycles. The molecule has 3 heteroatoms. The molecule has 2 heterocycles. The summed E-state index contributed by atoms with van der Waals surface area (Å²) < 4.78 is 0. The van der Waals surface area contributed by atoms with Gasteiger partial charge in [0.1, 0.15) is 0 Å². The second kappa shape index (κ2) is 3.32. The third-order valence-corrected chi connectivity index (χ3v) is 3.10. The summed E-state index contributed by atoms with van der Waals surface area (Å²) in [5.41, 5.74) is 0. The molecular formula is C9H17NO2. The van der Waals surface area contributed by atoms with E-state index < -0.39 is 0 Å². The lowest BCUT2D eigenvalue weighted by molar-refractivity contribution is -0.0758. The van der Waals surface area contributed by atoms with E-state index in [0.717, 1.165) is 38.8 Å². The molecular weight excluding hydrogens is 154 g/mol. The number of aliphatic hydroxyl groups is 2. The average molecular weight is 171 g/mol. The van der Waals surface area contributed by atoms with E-state index >= 15 is 0 Å². The van der Waals surface area contributed by atoms with Gasteiger partial charge in [-0.15, -0.1) is 0 Å². The van der Waals surface area contributed by atoms with Crippen LogP contribution in [-0.4, -0.2) is 46.5 Å². The molecule has 3 atom stereocenters. The van der Waals surface area contributed by atoms with Crippen molar-refractivity contribution in [3.8, 4) is 0 Å². The quantitative estimate of drug-likeness (QED) is 0.538. The first-order valence-corrected chi connectivity index (χ1v) is 4.89. The Bertz CT molecular complexity index is 147. The number of hydrogen-bond donors (Lipinski definition) is 2. The first kappa shape index (κ1) is 8.48. The van der Waals surface area contributed by atoms with Crippen molar-refractivity contribution in [1.29, 1.82) is 0 Å². The van der Waals surface area contributed by atoms with Crippen molar-refractivity contribution in [2.24, 2.45) is 0 Å². The number of hydrogen-bond acceptors (Lipinski definition) is 3. The lowest BCUT2D eigenvalue weighted by atomic mass is 9.88. The van der Waals surface area contributed by atoms with Crippen molar-refractivity contribution in [2.75, 3.05) is 13.1 Å². The fraction of sp³-hybridized carbons (Fsp3) is 1.00. The summed E-state index contributed by atoms with van der Waals surface area (Å²) in [6.45, 7) is 2.11. The van der Waals surface area contributed by atoms with Gasteiger partial charge in [0.2, 0.25) is 0 Å². The van der Waals surface area contributed by atoms with Crippen molar-refractivity contribution in [2.45, 2.75) is 43.9 Å². The van der Waals surface area contributed by atoms with Crippen LogP contribution in [0.4, 0.5) is 0 Å². The van der Waals surface area contributed by atoms with Crippen LogP contribution in [0.25, 0.3) is 0 Å². The van der Waals surface area contributed by atoms with E-state index in [0.29, 0.717) is 0 Å². The first-order valence-electron chi connectivity index (χ1n) is 4.89. The summed E-state index contributed by atoms with van der Waals surface area (Å²) in [4.78, 5) is 2.24. The Labute approximate surface area is 73.0 Å². The third-order valence-electron chi connectivity index (χ3n) is 3.10. The van der Waals surface area contributed by atoms with Crippen LogP contribution in [0.1, 0.15) is 25.7 Å². The molecule has 2 fully saturated rings. The zero-order valence-electron chi connectivity index (χ0n) is 7.32. The molecule has 0 bridgehead atoms. The summed E-state index contributed by atoms with van der Waals surface area (Å²) in [5, 5.41) is 19.3. The molecule has 2 N–H and O–H groups in total. The SMILES string of the molecule is O[C@@H]1CCCN2CCC[C@H](O)C12. The van der Waals surface area contributed by atoms with Gasteiger partial charge in [-0.05, 0) is 38.8 Å². The molecule has 12 heavy (non-hydrogen) atoms. The molecule has 2 rings (SSSR count).